The van der Waals surface area contributed by atoms with Gasteiger partial charge in [0.2, 0.25) is 0 Å². The molecular formula is C24H28N2O3S. The van der Waals surface area contributed by atoms with Gasteiger partial charge in [-0.05, 0) is 72.3 Å². The summed E-state index contributed by atoms with van der Waals surface area (Å²) in [6.07, 6.45) is 2.73. The fraction of sp³-hybridized carbons (Fsp3) is 0.333. The van der Waals surface area contributed by atoms with Crippen LogP contribution in [-0.4, -0.2) is 30.4 Å². The third-order valence-corrected chi connectivity index (χ3v) is 6.33. The fourth-order valence-corrected chi connectivity index (χ4v) is 4.21. The molecule has 3 aromatic rings. The normalized spacial score (nSPS) is 11.9. The molecule has 0 fully saturated rings. The van der Waals surface area contributed by atoms with Crippen LogP contribution in [0.25, 0.3) is 21.6 Å². The molecule has 0 aliphatic rings. The number of benzene rings is 2. The molecule has 30 heavy (non-hydrogen) atoms. The smallest absolute Gasteiger partial charge is 0.154 e. The molecule has 0 aliphatic heterocycles. The van der Waals surface area contributed by atoms with Crippen LogP contribution in [0.4, 0.5) is 0 Å². The van der Waals surface area contributed by atoms with Gasteiger partial charge in [-0.3, -0.25) is 4.79 Å². The molecule has 6 heteroatoms. The standard InChI is InChI=1S/C24H28N2O3S/c1-6-20(25)21(27)11-17-10-16(7-8-22(17)28-4)19-13-26-30-24(19)18-9-14(2)15(3)23(12-18)29-5/h7-10,12-13,20H,6,11,25H2,1-5H3. The van der Waals surface area contributed by atoms with Crippen LogP contribution >= 0.6 is 11.5 Å². The number of rotatable bonds is 8. The monoisotopic (exact) mass is 424 g/mol. The first-order chi connectivity index (χ1) is 14.4. The second-order valence-electron chi connectivity index (χ2n) is 7.37. The number of ketones is 1. The molecule has 0 aliphatic carbocycles. The maximum atomic E-state index is 12.4. The Morgan fingerprint density at radius 3 is 2.50 bits per heavy atom. The third-order valence-electron chi connectivity index (χ3n) is 5.48. The number of Topliss-reactive ketones (excluding diaryl/α,β-unsaturated/α-hetero) is 1. The van der Waals surface area contributed by atoms with Gasteiger partial charge in [0.25, 0.3) is 0 Å². The van der Waals surface area contributed by atoms with Crippen LogP contribution in [0.5, 0.6) is 11.5 Å². The number of carbonyl (C=O) groups is 1. The largest absolute Gasteiger partial charge is 0.496 e. The van der Waals surface area contributed by atoms with Crippen molar-refractivity contribution in [2.75, 3.05) is 14.2 Å². The van der Waals surface area contributed by atoms with Crippen molar-refractivity contribution in [3.05, 3.63) is 53.2 Å². The van der Waals surface area contributed by atoms with Crippen LogP contribution in [0.15, 0.2) is 36.5 Å². The average Bonchev–Trinajstić information content (AvgIpc) is 3.24. The van der Waals surface area contributed by atoms with E-state index < -0.39 is 6.04 Å². The Morgan fingerprint density at radius 1 is 1.10 bits per heavy atom. The Labute approximate surface area is 182 Å². The quantitative estimate of drug-likeness (QED) is 0.553. The Bertz CT molecular complexity index is 1060. The van der Waals surface area contributed by atoms with Crippen molar-refractivity contribution in [3.63, 3.8) is 0 Å². The predicted molar refractivity (Wildman–Crippen MR) is 123 cm³/mol. The van der Waals surface area contributed by atoms with Crippen molar-refractivity contribution in [2.24, 2.45) is 5.73 Å². The summed E-state index contributed by atoms with van der Waals surface area (Å²) in [5, 5.41) is 0. The molecule has 5 nitrogen and oxygen atoms in total. The number of methoxy groups -OCH3 is 2. The zero-order valence-electron chi connectivity index (χ0n) is 18.1. The van der Waals surface area contributed by atoms with Gasteiger partial charge in [0.1, 0.15) is 11.5 Å². The van der Waals surface area contributed by atoms with Crippen LogP contribution in [0.2, 0.25) is 0 Å². The Morgan fingerprint density at radius 2 is 1.83 bits per heavy atom. The molecule has 0 radical (unpaired) electrons. The summed E-state index contributed by atoms with van der Waals surface area (Å²) in [4.78, 5) is 13.5. The Hall–Kier alpha value is -2.70. The predicted octanol–water partition coefficient (Wildman–Crippen LogP) is 4.96. The average molecular weight is 425 g/mol. The molecule has 0 amide bonds. The minimum Gasteiger partial charge on any atom is -0.496 e. The van der Waals surface area contributed by atoms with Crippen molar-refractivity contribution in [3.8, 4) is 33.1 Å². The number of carbonyl (C=O) groups excluding carboxylic acids is 1. The topological polar surface area (TPSA) is 74.4 Å². The molecule has 1 heterocycles. The minimum absolute atomic E-state index is 0.00973. The lowest BCUT2D eigenvalue weighted by Crippen LogP contribution is -2.30. The van der Waals surface area contributed by atoms with E-state index in [1.165, 1.54) is 17.1 Å². The highest BCUT2D eigenvalue weighted by molar-refractivity contribution is 7.10. The Kier molecular flexibility index (Phi) is 6.90. The molecule has 0 bridgehead atoms. The van der Waals surface area contributed by atoms with Crippen molar-refractivity contribution < 1.29 is 14.3 Å². The molecule has 0 spiro atoms. The highest BCUT2D eigenvalue weighted by Gasteiger charge is 2.18. The van der Waals surface area contributed by atoms with Gasteiger partial charge in [-0.2, -0.15) is 4.37 Å². The van der Waals surface area contributed by atoms with E-state index in [0.717, 1.165) is 38.4 Å². The van der Waals surface area contributed by atoms with Gasteiger partial charge in [-0.1, -0.05) is 19.1 Å². The summed E-state index contributed by atoms with van der Waals surface area (Å²) < 4.78 is 15.5. The molecule has 1 atom stereocenters. The van der Waals surface area contributed by atoms with E-state index in [1.54, 1.807) is 14.2 Å². The number of aromatic nitrogens is 1. The molecule has 3 rings (SSSR count). The van der Waals surface area contributed by atoms with E-state index in [4.69, 9.17) is 15.2 Å². The molecule has 2 N–H and O–H groups in total. The van der Waals surface area contributed by atoms with Crippen molar-refractivity contribution in [1.29, 1.82) is 0 Å². The number of nitrogens with zero attached hydrogens (tertiary/aromatic N) is 1. The van der Waals surface area contributed by atoms with E-state index in [0.29, 0.717) is 12.2 Å². The van der Waals surface area contributed by atoms with Crippen molar-refractivity contribution >= 4 is 17.3 Å². The molecule has 1 aromatic heterocycles. The third kappa shape index (κ3) is 4.40. The molecule has 158 valence electrons. The summed E-state index contributed by atoms with van der Waals surface area (Å²) >= 11 is 1.45. The first kappa shape index (κ1) is 22.0. The van der Waals surface area contributed by atoms with E-state index in [2.05, 4.69) is 24.3 Å². The van der Waals surface area contributed by atoms with Crippen molar-refractivity contribution in [1.82, 2.24) is 4.37 Å². The van der Waals surface area contributed by atoms with Crippen LogP contribution in [0, 0.1) is 13.8 Å². The lowest BCUT2D eigenvalue weighted by Gasteiger charge is -2.14. The summed E-state index contributed by atoms with van der Waals surface area (Å²) in [6.45, 7) is 6.05. The second-order valence-corrected chi connectivity index (χ2v) is 8.18. The molecule has 2 aromatic carbocycles. The first-order valence-electron chi connectivity index (χ1n) is 9.95. The summed E-state index contributed by atoms with van der Waals surface area (Å²) in [6, 6.07) is 9.65. The highest BCUT2D eigenvalue weighted by atomic mass is 32.1. The van der Waals surface area contributed by atoms with E-state index in [-0.39, 0.29) is 12.2 Å². The van der Waals surface area contributed by atoms with Crippen LogP contribution in [0.3, 0.4) is 0 Å². The second kappa shape index (κ2) is 9.41. The maximum absolute atomic E-state index is 12.4. The molecule has 1 unspecified atom stereocenters. The molecule has 0 saturated carbocycles. The van der Waals surface area contributed by atoms with Gasteiger partial charge in [-0.25, -0.2) is 0 Å². The number of aryl methyl sites for hydroxylation is 1. The Balaban J connectivity index is 2.05. The molecule has 0 saturated heterocycles. The van der Waals surface area contributed by atoms with Gasteiger partial charge in [-0.15, -0.1) is 0 Å². The SMILES string of the molecule is CCC(N)C(=O)Cc1cc(-c2cnsc2-c2cc(C)c(C)c(OC)c2)ccc1OC. The maximum Gasteiger partial charge on any atom is 0.154 e. The lowest BCUT2D eigenvalue weighted by molar-refractivity contribution is -0.119. The highest BCUT2D eigenvalue weighted by Crippen LogP contribution is 2.39. The zero-order chi connectivity index (χ0) is 21.8. The fourth-order valence-electron chi connectivity index (χ4n) is 3.45. The van der Waals surface area contributed by atoms with E-state index in [9.17, 15) is 4.79 Å². The van der Waals surface area contributed by atoms with Gasteiger partial charge in [0.05, 0.1) is 25.1 Å². The van der Waals surface area contributed by atoms with Crippen molar-refractivity contribution in [2.45, 2.75) is 39.7 Å². The number of nitrogens with two attached hydrogens (primary N) is 1. The van der Waals surface area contributed by atoms with Crippen LogP contribution in [0.1, 0.15) is 30.0 Å². The van der Waals surface area contributed by atoms with Gasteiger partial charge in [0.15, 0.2) is 5.78 Å². The van der Waals surface area contributed by atoms with Crippen LogP contribution < -0.4 is 15.2 Å². The van der Waals surface area contributed by atoms with E-state index in [1.807, 2.05) is 37.4 Å². The summed E-state index contributed by atoms with van der Waals surface area (Å²) in [5.41, 5.74) is 12.1. The molecular weight excluding hydrogens is 396 g/mol. The summed E-state index contributed by atoms with van der Waals surface area (Å²) in [7, 11) is 3.30. The van der Waals surface area contributed by atoms with Crippen LogP contribution in [-0.2, 0) is 11.2 Å². The van der Waals surface area contributed by atoms with E-state index >= 15 is 0 Å². The zero-order valence-corrected chi connectivity index (χ0v) is 18.9. The van der Waals surface area contributed by atoms with Gasteiger partial charge in [0, 0.05) is 23.7 Å². The number of ether oxygens (including phenoxy) is 2. The van der Waals surface area contributed by atoms with Gasteiger partial charge < -0.3 is 15.2 Å². The number of hydrogen-bond donors (Lipinski definition) is 1. The van der Waals surface area contributed by atoms with Gasteiger partial charge >= 0.3 is 0 Å². The lowest BCUT2D eigenvalue weighted by atomic mass is 9.96. The first-order valence-corrected chi connectivity index (χ1v) is 10.7. The minimum atomic E-state index is -0.459. The number of hydrogen-bond acceptors (Lipinski definition) is 6. The summed E-state index contributed by atoms with van der Waals surface area (Å²) in [5.74, 6) is 1.56.